The molecule has 2 bridgehead atoms. The van der Waals surface area contributed by atoms with E-state index in [9.17, 15) is 0 Å². The number of rotatable bonds is 6. The molecule has 3 aliphatic rings. The Labute approximate surface area is 324 Å². The molecule has 5 aromatic carbocycles. The van der Waals surface area contributed by atoms with Crippen molar-refractivity contribution in [1.29, 1.82) is 0 Å². The maximum atomic E-state index is 5.16. The lowest BCUT2D eigenvalue weighted by Crippen LogP contribution is -2.27. The predicted molar refractivity (Wildman–Crippen MR) is 221 cm³/mol. The number of nitrogens with zero attached hydrogens (tertiary/aromatic N) is 6. The van der Waals surface area contributed by atoms with Gasteiger partial charge in [-0.15, -0.1) is 0 Å². The van der Waals surface area contributed by atoms with E-state index in [-0.39, 0.29) is 11.8 Å². The van der Waals surface area contributed by atoms with E-state index in [1.807, 2.05) is 60.7 Å². The van der Waals surface area contributed by atoms with Crippen LogP contribution in [0, 0.1) is 0 Å². The van der Waals surface area contributed by atoms with Crippen LogP contribution in [0.5, 0.6) is 0 Å². The molecule has 56 heavy (non-hydrogen) atoms. The Morgan fingerprint density at radius 2 is 0.607 bits per heavy atom. The summed E-state index contributed by atoms with van der Waals surface area (Å²) in [5, 5.41) is 0. The van der Waals surface area contributed by atoms with Gasteiger partial charge >= 0.3 is 0 Å². The highest BCUT2D eigenvalue weighted by Gasteiger charge is 2.41. The van der Waals surface area contributed by atoms with Crippen LogP contribution in [-0.4, -0.2) is 29.9 Å². The van der Waals surface area contributed by atoms with Crippen LogP contribution in [0.15, 0.2) is 183 Å². The van der Waals surface area contributed by atoms with E-state index in [0.717, 1.165) is 56.2 Å². The van der Waals surface area contributed by atoms with Crippen molar-refractivity contribution in [3.05, 3.63) is 216 Å². The molecule has 0 saturated heterocycles. The zero-order valence-corrected chi connectivity index (χ0v) is 30.2. The molecule has 9 aromatic rings. The van der Waals surface area contributed by atoms with Gasteiger partial charge < -0.3 is 0 Å². The molecule has 6 heteroatoms. The van der Waals surface area contributed by atoms with Gasteiger partial charge in [0, 0.05) is 70.0 Å². The van der Waals surface area contributed by atoms with Crippen LogP contribution < -0.4 is 0 Å². The first-order valence-electron chi connectivity index (χ1n) is 18.8. The fraction of sp³-hybridized carbons (Fsp3) is 0.0400. The number of aromatic nitrogens is 6. The van der Waals surface area contributed by atoms with Gasteiger partial charge in [0.05, 0.1) is 22.8 Å². The lowest BCUT2D eigenvalue weighted by molar-refractivity contribution is 0.754. The van der Waals surface area contributed by atoms with Crippen LogP contribution in [0.4, 0.5) is 0 Å². The summed E-state index contributed by atoms with van der Waals surface area (Å²) in [5.74, 6) is 1.53. The first-order valence-corrected chi connectivity index (χ1v) is 18.8. The van der Waals surface area contributed by atoms with E-state index in [1.54, 1.807) is 24.8 Å². The minimum absolute atomic E-state index is 0.0659. The zero-order chi connectivity index (χ0) is 37.0. The van der Waals surface area contributed by atoms with Gasteiger partial charge in [-0.1, -0.05) is 109 Å². The second-order valence-corrected chi connectivity index (χ2v) is 14.3. The molecule has 0 N–H and O–H groups in total. The average molecular weight is 717 g/mol. The summed E-state index contributed by atoms with van der Waals surface area (Å²) >= 11 is 0. The van der Waals surface area contributed by atoms with E-state index in [2.05, 4.69) is 107 Å². The van der Waals surface area contributed by atoms with Crippen molar-refractivity contribution in [2.45, 2.75) is 11.8 Å². The van der Waals surface area contributed by atoms with Crippen LogP contribution in [-0.2, 0) is 0 Å². The molecule has 0 amide bonds. The highest BCUT2D eigenvalue weighted by atomic mass is 14.9. The molecule has 4 aromatic heterocycles. The summed E-state index contributed by atoms with van der Waals surface area (Å²) in [4.78, 5) is 29.1. The third kappa shape index (κ3) is 5.42. The van der Waals surface area contributed by atoms with Gasteiger partial charge in [0.2, 0.25) is 0 Å². The van der Waals surface area contributed by atoms with Crippen molar-refractivity contribution in [2.24, 2.45) is 0 Å². The molecular formula is C50H32N6. The molecule has 0 fully saturated rings. The molecule has 0 saturated carbocycles. The molecule has 0 spiro atoms. The lowest BCUT2D eigenvalue weighted by Gasteiger charge is -2.42. The first kappa shape index (κ1) is 32.0. The molecule has 0 radical (unpaired) electrons. The molecule has 0 aliphatic heterocycles. The standard InChI is InChI=1S/C50H32N6/c1-3-9-31(10-4-1)43-29-45(33-19-23-51-24-20-33)55-49(53-43)35-15-17-39-41(27-35)47-37-13-7-8-14-38(37)48(39)42-28-36(16-18-40(42)47)50-54-44(32-11-5-2-6-12-32)30-46(56-50)34-21-25-52-26-22-34/h1-30,47-48H. The highest BCUT2D eigenvalue weighted by molar-refractivity contribution is 5.77. The number of hydrogen-bond acceptors (Lipinski definition) is 6. The van der Waals surface area contributed by atoms with E-state index in [0.29, 0.717) is 11.6 Å². The van der Waals surface area contributed by atoms with E-state index in [4.69, 9.17) is 19.9 Å². The summed E-state index contributed by atoms with van der Waals surface area (Å²) in [6.07, 6.45) is 7.23. The summed E-state index contributed by atoms with van der Waals surface area (Å²) < 4.78 is 0. The second kappa shape index (κ2) is 13.1. The van der Waals surface area contributed by atoms with Gasteiger partial charge in [-0.3, -0.25) is 9.97 Å². The van der Waals surface area contributed by atoms with E-state index >= 15 is 0 Å². The Morgan fingerprint density at radius 3 is 1.00 bits per heavy atom. The molecule has 2 atom stereocenters. The maximum absolute atomic E-state index is 5.16. The Bertz CT molecular complexity index is 2600. The topological polar surface area (TPSA) is 77.3 Å². The number of benzene rings is 5. The molecule has 262 valence electrons. The van der Waals surface area contributed by atoms with Crippen LogP contribution in [0.25, 0.3) is 67.8 Å². The van der Waals surface area contributed by atoms with Crippen molar-refractivity contribution in [1.82, 2.24) is 29.9 Å². The zero-order valence-electron chi connectivity index (χ0n) is 30.2. The van der Waals surface area contributed by atoms with Crippen LogP contribution in [0.1, 0.15) is 45.2 Å². The molecule has 3 aliphatic carbocycles. The van der Waals surface area contributed by atoms with Gasteiger partial charge in [0.15, 0.2) is 11.6 Å². The summed E-state index contributed by atoms with van der Waals surface area (Å²) in [6, 6.07) is 55.3. The van der Waals surface area contributed by atoms with Crippen molar-refractivity contribution in [3.63, 3.8) is 0 Å². The third-order valence-electron chi connectivity index (χ3n) is 11.1. The molecule has 12 rings (SSSR count). The van der Waals surface area contributed by atoms with E-state index in [1.165, 1.54) is 33.4 Å². The van der Waals surface area contributed by atoms with Crippen molar-refractivity contribution in [3.8, 4) is 67.8 Å². The van der Waals surface area contributed by atoms with Crippen molar-refractivity contribution in [2.75, 3.05) is 0 Å². The van der Waals surface area contributed by atoms with Crippen molar-refractivity contribution >= 4 is 0 Å². The summed E-state index contributed by atoms with van der Waals surface area (Å²) in [7, 11) is 0. The second-order valence-electron chi connectivity index (χ2n) is 14.3. The largest absolute Gasteiger partial charge is 0.265 e. The van der Waals surface area contributed by atoms with Crippen LogP contribution in [0.3, 0.4) is 0 Å². The minimum Gasteiger partial charge on any atom is -0.265 e. The maximum Gasteiger partial charge on any atom is 0.160 e. The van der Waals surface area contributed by atoms with Crippen LogP contribution >= 0.6 is 0 Å². The van der Waals surface area contributed by atoms with E-state index < -0.39 is 0 Å². The lowest BCUT2D eigenvalue weighted by atomic mass is 9.61. The number of hydrogen-bond donors (Lipinski definition) is 0. The van der Waals surface area contributed by atoms with Gasteiger partial charge in [-0.2, -0.15) is 0 Å². The molecular weight excluding hydrogens is 685 g/mol. The monoisotopic (exact) mass is 716 g/mol. The molecule has 2 unspecified atom stereocenters. The number of pyridine rings is 2. The Hall–Kier alpha value is -7.44. The van der Waals surface area contributed by atoms with Gasteiger partial charge in [-0.25, -0.2) is 19.9 Å². The summed E-state index contributed by atoms with van der Waals surface area (Å²) in [5.41, 5.74) is 17.5. The summed E-state index contributed by atoms with van der Waals surface area (Å²) in [6.45, 7) is 0. The SMILES string of the molecule is c1ccc(-c2cc(-c3ccncc3)nc(-c3ccc4c(c3)C3c5ccccc5C4c4cc(-c5nc(-c6ccccc6)cc(-c6ccncc6)n5)ccc43)n2)cc1. The fourth-order valence-corrected chi connectivity index (χ4v) is 8.50. The normalized spacial score (nSPS) is 14.8. The van der Waals surface area contributed by atoms with Crippen LogP contribution in [0.2, 0.25) is 0 Å². The smallest absolute Gasteiger partial charge is 0.160 e. The quantitative estimate of drug-likeness (QED) is 0.170. The van der Waals surface area contributed by atoms with Gasteiger partial charge in [0.25, 0.3) is 0 Å². The Kier molecular flexibility index (Phi) is 7.52. The Morgan fingerprint density at radius 1 is 0.268 bits per heavy atom. The molecule has 6 nitrogen and oxygen atoms in total. The highest BCUT2D eigenvalue weighted by Crippen LogP contribution is 2.56. The predicted octanol–water partition coefficient (Wildman–Crippen LogP) is 11.0. The first-order chi connectivity index (χ1) is 27.7. The van der Waals surface area contributed by atoms with Crippen molar-refractivity contribution < 1.29 is 0 Å². The van der Waals surface area contributed by atoms with Gasteiger partial charge in [0.1, 0.15) is 0 Å². The molecule has 4 heterocycles. The third-order valence-corrected chi connectivity index (χ3v) is 11.1. The minimum atomic E-state index is 0.0659. The fourth-order valence-electron chi connectivity index (χ4n) is 8.50. The average Bonchev–Trinajstić information content (AvgIpc) is 3.29. The Balaban J connectivity index is 1.05. The van der Waals surface area contributed by atoms with Gasteiger partial charge in [-0.05, 0) is 81.9 Å².